The van der Waals surface area contributed by atoms with E-state index in [1.807, 2.05) is 0 Å². The van der Waals surface area contributed by atoms with Gasteiger partial charge >= 0.3 is 0 Å². The largest absolute Gasteiger partial charge is 0.353 e. The highest BCUT2D eigenvalue weighted by molar-refractivity contribution is 5.80. The average Bonchev–Trinajstić information content (AvgIpc) is 2.46. The number of nitrogens with zero attached hydrogens (tertiary/aromatic N) is 1. The molecule has 1 aliphatic heterocycles. The highest BCUT2D eigenvalue weighted by Crippen LogP contribution is 2.28. The first kappa shape index (κ1) is 12.9. The number of hydrogen-bond donors (Lipinski definition) is 1. The number of nitrogens with one attached hydrogen (secondary N) is 1. The zero-order valence-corrected chi connectivity index (χ0v) is 11.6. The molecule has 1 aliphatic carbocycles. The number of carbonyl (C=O) groups is 1. The third-order valence-corrected chi connectivity index (χ3v) is 4.39. The molecule has 1 heterocycles. The molecule has 0 aromatic carbocycles. The summed E-state index contributed by atoms with van der Waals surface area (Å²) in [5.74, 6) is 1.17. The molecule has 0 radical (unpaired) electrons. The van der Waals surface area contributed by atoms with Gasteiger partial charge in [0.2, 0.25) is 5.91 Å². The molecule has 1 saturated carbocycles. The van der Waals surface area contributed by atoms with Crippen LogP contribution in [0.25, 0.3) is 0 Å². The number of rotatable bonds is 2. The summed E-state index contributed by atoms with van der Waals surface area (Å²) >= 11 is 0. The van der Waals surface area contributed by atoms with Crippen LogP contribution in [-0.4, -0.2) is 35.5 Å². The second kappa shape index (κ2) is 4.60. The summed E-state index contributed by atoms with van der Waals surface area (Å²) in [6.07, 6.45) is 3.71. The van der Waals surface area contributed by atoms with Crippen LogP contribution in [0.4, 0.5) is 0 Å². The van der Waals surface area contributed by atoms with E-state index in [1.54, 1.807) is 0 Å². The van der Waals surface area contributed by atoms with Gasteiger partial charge in [0.1, 0.15) is 0 Å². The zero-order valence-electron chi connectivity index (χ0n) is 11.6. The lowest BCUT2D eigenvalue weighted by Gasteiger charge is -2.47. The Hall–Kier alpha value is -0.570. The second-order valence-electron chi connectivity index (χ2n) is 6.80. The van der Waals surface area contributed by atoms with Gasteiger partial charge in [0.05, 0.1) is 5.92 Å². The Morgan fingerprint density at radius 3 is 2.35 bits per heavy atom. The molecule has 0 aromatic heterocycles. The molecule has 2 rings (SSSR count). The van der Waals surface area contributed by atoms with Crippen LogP contribution in [0.3, 0.4) is 0 Å². The maximum Gasteiger partial charge on any atom is 0.225 e. The zero-order chi connectivity index (χ0) is 12.6. The van der Waals surface area contributed by atoms with Gasteiger partial charge in [-0.05, 0) is 39.5 Å². The van der Waals surface area contributed by atoms with Crippen molar-refractivity contribution in [3.63, 3.8) is 0 Å². The Morgan fingerprint density at radius 2 is 1.88 bits per heavy atom. The lowest BCUT2D eigenvalue weighted by molar-refractivity contribution is -0.133. The van der Waals surface area contributed by atoms with Crippen molar-refractivity contribution < 1.29 is 4.79 Å². The van der Waals surface area contributed by atoms with Gasteiger partial charge < -0.3 is 5.32 Å². The van der Waals surface area contributed by atoms with Crippen molar-refractivity contribution in [2.24, 2.45) is 11.8 Å². The third-order valence-electron chi connectivity index (χ3n) is 4.39. The highest BCUT2D eigenvalue weighted by atomic mass is 16.2. The molecular formula is C14H26N2O. The monoisotopic (exact) mass is 238 g/mol. The maximum absolute atomic E-state index is 12.1. The summed E-state index contributed by atoms with van der Waals surface area (Å²) < 4.78 is 0. The first-order valence-corrected chi connectivity index (χ1v) is 6.93. The van der Waals surface area contributed by atoms with Crippen LogP contribution in [0.1, 0.15) is 47.0 Å². The summed E-state index contributed by atoms with van der Waals surface area (Å²) in [6, 6.07) is 0.436. The van der Waals surface area contributed by atoms with Gasteiger partial charge in [-0.15, -0.1) is 0 Å². The molecular weight excluding hydrogens is 212 g/mol. The Bertz CT molecular complexity index is 289. The fourth-order valence-corrected chi connectivity index (χ4v) is 2.85. The topological polar surface area (TPSA) is 32.3 Å². The van der Waals surface area contributed by atoms with Gasteiger partial charge in [-0.3, -0.25) is 9.69 Å². The van der Waals surface area contributed by atoms with Crippen LogP contribution in [0.2, 0.25) is 0 Å². The molecule has 1 amide bonds. The summed E-state index contributed by atoms with van der Waals surface area (Å²) in [6.45, 7) is 10.7. The van der Waals surface area contributed by atoms with E-state index in [4.69, 9.17) is 0 Å². The molecule has 1 saturated heterocycles. The van der Waals surface area contributed by atoms with Crippen LogP contribution < -0.4 is 5.32 Å². The van der Waals surface area contributed by atoms with E-state index in [2.05, 4.69) is 37.9 Å². The second-order valence-corrected chi connectivity index (χ2v) is 6.80. The molecule has 0 spiro atoms. The van der Waals surface area contributed by atoms with E-state index in [9.17, 15) is 4.79 Å². The van der Waals surface area contributed by atoms with Crippen LogP contribution in [0.15, 0.2) is 0 Å². The van der Waals surface area contributed by atoms with Gasteiger partial charge in [-0.1, -0.05) is 13.3 Å². The summed E-state index contributed by atoms with van der Waals surface area (Å²) in [7, 11) is 0. The number of likely N-dealkylation sites (tertiary alicyclic amines) is 1. The molecule has 1 N–H and O–H groups in total. The molecule has 0 bridgehead atoms. The number of hydrogen-bond acceptors (Lipinski definition) is 2. The van der Waals surface area contributed by atoms with E-state index in [-0.39, 0.29) is 17.4 Å². The van der Waals surface area contributed by atoms with E-state index in [0.29, 0.717) is 12.0 Å². The van der Waals surface area contributed by atoms with Gasteiger partial charge in [0.15, 0.2) is 0 Å². The van der Waals surface area contributed by atoms with Gasteiger partial charge in [-0.25, -0.2) is 0 Å². The lowest BCUT2D eigenvalue weighted by Crippen LogP contribution is -2.60. The predicted octanol–water partition coefficient (Wildman–Crippen LogP) is 2.02. The van der Waals surface area contributed by atoms with Crippen LogP contribution in [0.5, 0.6) is 0 Å². The van der Waals surface area contributed by atoms with Gasteiger partial charge in [0.25, 0.3) is 0 Å². The van der Waals surface area contributed by atoms with Crippen LogP contribution in [-0.2, 0) is 4.79 Å². The maximum atomic E-state index is 12.1. The minimum atomic E-state index is 0.206. The molecule has 2 unspecified atom stereocenters. The normalized spacial score (nSPS) is 31.3. The van der Waals surface area contributed by atoms with E-state index in [1.165, 1.54) is 19.3 Å². The quantitative estimate of drug-likeness (QED) is 0.798. The molecule has 2 fully saturated rings. The summed E-state index contributed by atoms with van der Waals surface area (Å²) in [4.78, 5) is 14.4. The molecule has 17 heavy (non-hydrogen) atoms. The molecule has 3 nitrogen and oxygen atoms in total. The van der Waals surface area contributed by atoms with Crippen molar-refractivity contribution in [1.29, 1.82) is 0 Å². The Kier molecular flexibility index (Phi) is 3.48. The smallest absolute Gasteiger partial charge is 0.225 e. The van der Waals surface area contributed by atoms with Crippen molar-refractivity contribution in [3.05, 3.63) is 0 Å². The third kappa shape index (κ3) is 2.82. The fraction of sp³-hybridized carbons (Fsp3) is 0.929. The van der Waals surface area contributed by atoms with E-state index >= 15 is 0 Å². The first-order chi connectivity index (χ1) is 7.88. The molecule has 3 heteroatoms. The van der Waals surface area contributed by atoms with E-state index in [0.717, 1.165) is 13.1 Å². The molecule has 2 atom stereocenters. The first-order valence-electron chi connectivity index (χ1n) is 6.93. The van der Waals surface area contributed by atoms with Crippen molar-refractivity contribution >= 4 is 5.91 Å². The Labute approximate surface area is 105 Å². The SMILES string of the molecule is CC1CCCC1NC(=O)C1CN(C(C)(C)C)C1. The summed E-state index contributed by atoms with van der Waals surface area (Å²) in [5.41, 5.74) is 0.206. The van der Waals surface area contributed by atoms with Crippen LogP contribution in [0, 0.1) is 11.8 Å². The standard InChI is InChI=1S/C14H26N2O/c1-10-6-5-7-12(10)15-13(17)11-8-16(9-11)14(2,3)4/h10-12H,5-9H2,1-4H3,(H,15,17). The van der Waals surface area contributed by atoms with Crippen molar-refractivity contribution in [2.45, 2.75) is 58.5 Å². The fourth-order valence-electron chi connectivity index (χ4n) is 2.85. The Morgan fingerprint density at radius 1 is 1.24 bits per heavy atom. The van der Waals surface area contributed by atoms with Gasteiger partial charge in [-0.2, -0.15) is 0 Å². The minimum absolute atomic E-state index is 0.206. The lowest BCUT2D eigenvalue weighted by atomic mass is 9.91. The average molecular weight is 238 g/mol. The Balaban J connectivity index is 1.76. The van der Waals surface area contributed by atoms with E-state index < -0.39 is 0 Å². The van der Waals surface area contributed by atoms with Crippen molar-refractivity contribution in [2.75, 3.05) is 13.1 Å². The number of carbonyl (C=O) groups excluding carboxylic acids is 1. The highest BCUT2D eigenvalue weighted by Gasteiger charge is 2.39. The van der Waals surface area contributed by atoms with Crippen LogP contribution >= 0.6 is 0 Å². The van der Waals surface area contributed by atoms with Gasteiger partial charge in [0, 0.05) is 24.7 Å². The molecule has 0 aromatic rings. The minimum Gasteiger partial charge on any atom is -0.353 e. The number of amides is 1. The van der Waals surface area contributed by atoms with Crippen molar-refractivity contribution in [3.8, 4) is 0 Å². The predicted molar refractivity (Wildman–Crippen MR) is 69.8 cm³/mol. The summed E-state index contributed by atoms with van der Waals surface area (Å²) in [5, 5.41) is 3.24. The molecule has 98 valence electrons. The van der Waals surface area contributed by atoms with Crippen molar-refractivity contribution in [1.82, 2.24) is 10.2 Å². The molecule has 2 aliphatic rings.